The third kappa shape index (κ3) is 5.66. The number of nitrogens with zero attached hydrogens (tertiary/aromatic N) is 4. The van der Waals surface area contributed by atoms with Crippen molar-refractivity contribution in [2.45, 2.75) is 47.0 Å². The van der Waals surface area contributed by atoms with Gasteiger partial charge in [-0.3, -0.25) is 4.57 Å². The molecule has 67 heavy (non-hydrogen) atoms. The monoisotopic (exact) mass is 860 g/mol. The number of para-hydroxylation sites is 2. The van der Waals surface area contributed by atoms with E-state index in [0.29, 0.717) is 5.95 Å². The molecule has 12 aromatic rings. The summed E-state index contributed by atoms with van der Waals surface area (Å²) in [4.78, 5) is 11.1. The first-order valence-electron chi connectivity index (χ1n) is 23.4. The Kier molecular flexibility index (Phi) is 8.48. The van der Waals surface area contributed by atoms with Crippen molar-refractivity contribution < 1.29 is 0 Å². The Labute approximate surface area is 390 Å². The third-order valence-corrected chi connectivity index (χ3v) is 15.2. The van der Waals surface area contributed by atoms with E-state index in [4.69, 9.17) is 9.97 Å². The molecule has 320 valence electrons. The Morgan fingerprint density at radius 3 is 1.55 bits per heavy atom. The van der Waals surface area contributed by atoms with Crippen LogP contribution in [0.4, 0.5) is 0 Å². The van der Waals surface area contributed by atoms with Crippen molar-refractivity contribution in [3.63, 3.8) is 0 Å². The average Bonchev–Trinajstić information content (AvgIpc) is 3.87. The highest BCUT2D eigenvalue weighted by Gasteiger charge is 2.36. The summed E-state index contributed by atoms with van der Waals surface area (Å²) >= 11 is 0. The molecule has 0 fully saturated rings. The van der Waals surface area contributed by atoms with Crippen LogP contribution >= 0.6 is 0 Å². The van der Waals surface area contributed by atoms with Crippen LogP contribution in [0, 0.1) is 27.7 Å². The SMILES string of the molecule is Cc1c(C)c(-n2c3ccccc3c3cc(-c4ccc5c(c4)c4ccccc4n5-c4nc5c6c(cc(-c7ccccc7)cc6n4)C(C)(C)c4ccccc4-5)ccc32)c(C)c(C)c1-c1ccccc1. The van der Waals surface area contributed by atoms with Crippen molar-refractivity contribution >= 4 is 54.5 Å². The lowest BCUT2D eigenvalue weighted by molar-refractivity contribution is 0.644. The van der Waals surface area contributed by atoms with E-state index in [1.807, 2.05) is 0 Å². The fraction of sp³-hybridized carbons (Fsp3) is 0.111. The van der Waals surface area contributed by atoms with E-state index in [1.54, 1.807) is 0 Å². The van der Waals surface area contributed by atoms with Crippen molar-refractivity contribution in [1.29, 1.82) is 0 Å². The summed E-state index contributed by atoms with van der Waals surface area (Å²) in [5.41, 5.74) is 23.8. The minimum atomic E-state index is -0.233. The van der Waals surface area contributed by atoms with E-state index >= 15 is 0 Å². The summed E-state index contributed by atoms with van der Waals surface area (Å²) < 4.78 is 4.78. The van der Waals surface area contributed by atoms with Crippen LogP contribution < -0.4 is 0 Å². The molecule has 0 unspecified atom stereocenters. The van der Waals surface area contributed by atoms with E-state index in [2.05, 4.69) is 233 Å². The number of hydrogen-bond donors (Lipinski definition) is 0. The van der Waals surface area contributed by atoms with Crippen LogP contribution in [0.3, 0.4) is 0 Å². The zero-order valence-corrected chi connectivity index (χ0v) is 38.6. The lowest BCUT2D eigenvalue weighted by Gasteiger charge is -2.35. The maximum absolute atomic E-state index is 5.55. The van der Waals surface area contributed by atoms with Crippen LogP contribution in [0.5, 0.6) is 0 Å². The molecule has 0 spiro atoms. The molecule has 1 aliphatic carbocycles. The van der Waals surface area contributed by atoms with Gasteiger partial charge in [-0.15, -0.1) is 0 Å². The topological polar surface area (TPSA) is 35.6 Å². The minimum Gasteiger partial charge on any atom is -0.309 e. The number of hydrogen-bond acceptors (Lipinski definition) is 2. The molecular weight excluding hydrogens is 813 g/mol. The predicted molar refractivity (Wildman–Crippen MR) is 281 cm³/mol. The van der Waals surface area contributed by atoms with Crippen LogP contribution in [-0.4, -0.2) is 19.1 Å². The lowest BCUT2D eigenvalue weighted by Crippen LogP contribution is -2.24. The molecule has 0 radical (unpaired) electrons. The maximum Gasteiger partial charge on any atom is 0.235 e. The van der Waals surface area contributed by atoms with Crippen LogP contribution in [0.2, 0.25) is 0 Å². The fourth-order valence-electron chi connectivity index (χ4n) is 11.6. The zero-order chi connectivity index (χ0) is 45.3. The largest absolute Gasteiger partial charge is 0.309 e. The molecule has 4 heteroatoms. The summed E-state index contributed by atoms with van der Waals surface area (Å²) in [5.74, 6) is 0.675. The van der Waals surface area contributed by atoms with Gasteiger partial charge in [-0.1, -0.05) is 147 Å². The normalized spacial score (nSPS) is 13.0. The first kappa shape index (κ1) is 39.3. The molecule has 13 rings (SSSR count). The van der Waals surface area contributed by atoms with E-state index < -0.39 is 0 Å². The summed E-state index contributed by atoms with van der Waals surface area (Å²) in [5, 5.41) is 5.97. The van der Waals surface area contributed by atoms with Crippen LogP contribution in [0.15, 0.2) is 182 Å². The van der Waals surface area contributed by atoms with Gasteiger partial charge in [0.25, 0.3) is 0 Å². The van der Waals surface area contributed by atoms with Crippen LogP contribution in [0.25, 0.3) is 111 Å². The van der Waals surface area contributed by atoms with Gasteiger partial charge in [0.2, 0.25) is 5.95 Å². The van der Waals surface area contributed by atoms with Gasteiger partial charge in [0.1, 0.15) is 0 Å². The van der Waals surface area contributed by atoms with Gasteiger partial charge < -0.3 is 4.57 Å². The molecule has 9 aromatic carbocycles. The second kappa shape index (κ2) is 14.5. The van der Waals surface area contributed by atoms with Crippen molar-refractivity contribution in [1.82, 2.24) is 19.1 Å². The van der Waals surface area contributed by atoms with Gasteiger partial charge in [0, 0.05) is 37.9 Å². The van der Waals surface area contributed by atoms with Crippen LogP contribution in [-0.2, 0) is 5.41 Å². The number of aromatic nitrogens is 4. The van der Waals surface area contributed by atoms with Gasteiger partial charge in [0.05, 0.1) is 39.0 Å². The molecule has 0 aliphatic heterocycles. The molecular formula is C63H48N4. The van der Waals surface area contributed by atoms with E-state index in [0.717, 1.165) is 33.2 Å². The molecule has 0 atom stereocenters. The van der Waals surface area contributed by atoms with E-state index in [-0.39, 0.29) is 5.41 Å². The fourth-order valence-corrected chi connectivity index (χ4v) is 11.6. The summed E-state index contributed by atoms with van der Waals surface area (Å²) in [6.07, 6.45) is 0. The second-order valence-electron chi connectivity index (χ2n) is 19.1. The highest BCUT2D eigenvalue weighted by Crippen LogP contribution is 2.50. The average molecular weight is 861 g/mol. The van der Waals surface area contributed by atoms with E-state index in [1.165, 1.54) is 105 Å². The number of rotatable bonds is 5. The summed E-state index contributed by atoms with van der Waals surface area (Å²) in [6, 6.07) is 66.5. The van der Waals surface area contributed by atoms with E-state index in [9.17, 15) is 0 Å². The quantitative estimate of drug-likeness (QED) is 0.173. The Hall–Kier alpha value is -8.08. The van der Waals surface area contributed by atoms with Gasteiger partial charge >= 0.3 is 0 Å². The minimum absolute atomic E-state index is 0.233. The molecule has 0 saturated carbocycles. The lowest BCUT2D eigenvalue weighted by atomic mass is 9.69. The molecule has 3 heterocycles. The Morgan fingerprint density at radius 2 is 0.910 bits per heavy atom. The summed E-state index contributed by atoms with van der Waals surface area (Å²) in [6.45, 7) is 13.8. The maximum atomic E-state index is 5.55. The Bertz CT molecular complexity index is 4010. The highest BCUT2D eigenvalue weighted by molar-refractivity contribution is 6.13. The molecule has 3 aromatic heterocycles. The second-order valence-corrected chi connectivity index (χ2v) is 19.1. The van der Waals surface area contributed by atoms with Gasteiger partial charge in [0.15, 0.2) is 0 Å². The third-order valence-electron chi connectivity index (χ3n) is 15.2. The smallest absolute Gasteiger partial charge is 0.235 e. The molecule has 1 aliphatic rings. The highest BCUT2D eigenvalue weighted by atomic mass is 15.2. The summed E-state index contributed by atoms with van der Waals surface area (Å²) in [7, 11) is 0. The van der Waals surface area contributed by atoms with Gasteiger partial charge in [-0.25, -0.2) is 9.97 Å². The van der Waals surface area contributed by atoms with Crippen molar-refractivity contribution in [3.8, 4) is 56.3 Å². The zero-order valence-electron chi connectivity index (χ0n) is 38.6. The van der Waals surface area contributed by atoms with Gasteiger partial charge in [-0.2, -0.15) is 0 Å². The Balaban J connectivity index is 0.996. The van der Waals surface area contributed by atoms with Crippen molar-refractivity contribution in [2.75, 3.05) is 0 Å². The standard InChI is InChI=1S/C63H48N4/c1-37-39(3)61(40(4)38(2)58(37)42-21-11-8-12-22-42)66-54-27-17-14-23-46(54)49-33-43(29-31-56(49)66)44-30-32-57-50(34-44)47-24-15-18-28-55(47)67(57)62-64-53-36-45(41-19-9-7-10-20-41)35-52-59(53)60(65-62)48-25-13-16-26-51(48)63(52,5)6/h7-36H,1-6H3. The number of benzene rings is 9. The first-order chi connectivity index (χ1) is 32.7. The Morgan fingerprint density at radius 1 is 0.388 bits per heavy atom. The van der Waals surface area contributed by atoms with Crippen molar-refractivity contribution in [2.24, 2.45) is 0 Å². The molecule has 0 amide bonds. The van der Waals surface area contributed by atoms with Crippen LogP contribution in [0.1, 0.15) is 47.2 Å². The predicted octanol–water partition coefficient (Wildman–Crippen LogP) is 16.4. The van der Waals surface area contributed by atoms with Gasteiger partial charge in [-0.05, 0) is 143 Å². The number of fused-ring (bicyclic) bond motifs is 8. The first-order valence-corrected chi connectivity index (χ1v) is 23.4. The molecule has 0 saturated heterocycles. The molecule has 0 N–H and O–H groups in total. The van der Waals surface area contributed by atoms with Crippen molar-refractivity contribution in [3.05, 3.63) is 215 Å². The molecule has 0 bridgehead atoms. The molecule has 4 nitrogen and oxygen atoms in total.